The minimum atomic E-state index is -0.419. The van der Waals surface area contributed by atoms with Crippen molar-refractivity contribution in [1.29, 1.82) is 0 Å². The number of amides is 1. The average molecular weight is 394 g/mol. The summed E-state index contributed by atoms with van der Waals surface area (Å²) < 4.78 is 5.95. The molecule has 2 aromatic carbocycles. The van der Waals surface area contributed by atoms with Gasteiger partial charge in [-0.1, -0.05) is 33.6 Å². The van der Waals surface area contributed by atoms with Crippen molar-refractivity contribution in [1.82, 2.24) is 0 Å². The normalized spacial score (nSPS) is 10.2. The molecule has 0 fully saturated rings. The first-order valence-electron chi connectivity index (χ1n) is 6.93. The molecule has 0 aromatic heterocycles. The topological polar surface area (TPSA) is 55.4 Å². The number of benzene rings is 2. The average Bonchev–Trinajstić information content (AvgIpc) is 2.54. The van der Waals surface area contributed by atoms with Crippen molar-refractivity contribution in [3.63, 3.8) is 0 Å². The van der Waals surface area contributed by atoms with Crippen molar-refractivity contribution in [2.24, 2.45) is 0 Å². The molecule has 0 saturated carbocycles. The van der Waals surface area contributed by atoms with E-state index in [-0.39, 0.29) is 18.3 Å². The van der Waals surface area contributed by atoms with Gasteiger partial charge in [0.1, 0.15) is 0 Å². The number of thioether (sulfide) groups is 1. The molecule has 0 radical (unpaired) electrons. The maximum atomic E-state index is 11.7. The Hall–Kier alpha value is -1.79. The van der Waals surface area contributed by atoms with Gasteiger partial charge in [-0.2, -0.15) is 0 Å². The predicted octanol–water partition coefficient (Wildman–Crippen LogP) is 4.03. The first-order valence-corrected chi connectivity index (χ1v) is 8.71. The number of anilines is 1. The van der Waals surface area contributed by atoms with Crippen molar-refractivity contribution in [3.8, 4) is 0 Å². The van der Waals surface area contributed by atoms with Crippen LogP contribution in [0.25, 0.3) is 0 Å². The number of carbonyl (C=O) groups is 2. The summed E-state index contributed by atoms with van der Waals surface area (Å²) in [7, 11) is 0. The van der Waals surface area contributed by atoms with Gasteiger partial charge in [-0.05, 0) is 43.3 Å². The second kappa shape index (κ2) is 8.74. The highest BCUT2D eigenvalue weighted by atomic mass is 79.9. The zero-order chi connectivity index (χ0) is 16.7. The van der Waals surface area contributed by atoms with E-state index < -0.39 is 5.97 Å². The zero-order valence-corrected chi connectivity index (χ0v) is 14.9. The highest BCUT2D eigenvalue weighted by Gasteiger charge is 2.08. The minimum absolute atomic E-state index is 0.166. The number of ether oxygens (including phenoxy) is 1. The summed E-state index contributed by atoms with van der Waals surface area (Å²) in [6.45, 7) is 1.68. The summed E-state index contributed by atoms with van der Waals surface area (Å²) in [6.07, 6.45) is 0. The summed E-state index contributed by atoms with van der Waals surface area (Å²) in [6, 6.07) is 15.0. The van der Waals surface area contributed by atoms with Crippen molar-refractivity contribution in [3.05, 3.63) is 58.6 Å². The summed E-state index contributed by atoms with van der Waals surface area (Å²) >= 11 is 4.72. The van der Waals surface area contributed by atoms with E-state index in [1.54, 1.807) is 12.1 Å². The molecule has 2 aromatic rings. The molecule has 23 heavy (non-hydrogen) atoms. The number of carbonyl (C=O) groups excluding carboxylic acids is 2. The quantitative estimate of drug-likeness (QED) is 0.594. The van der Waals surface area contributed by atoms with Crippen LogP contribution in [0.1, 0.15) is 5.56 Å². The van der Waals surface area contributed by atoms with Gasteiger partial charge in [-0.15, -0.1) is 11.8 Å². The van der Waals surface area contributed by atoms with Gasteiger partial charge in [0.15, 0.2) is 6.61 Å². The molecule has 0 aliphatic carbocycles. The van der Waals surface area contributed by atoms with Crippen LogP contribution in [0.15, 0.2) is 57.9 Å². The van der Waals surface area contributed by atoms with E-state index in [2.05, 4.69) is 21.2 Å². The van der Waals surface area contributed by atoms with Gasteiger partial charge in [0.05, 0.1) is 5.75 Å². The predicted molar refractivity (Wildman–Crippen MR) is 95.6 cm³/mol. The fourth-order valence-corrected chi connectivity index (χ4v) is 2.66. The molecule has 2 rings (SSSR count). The molecule has 1 N–H and O–H groups in total. The van der Waals surface area contributed by atoms with E-state index in [9.17, 15) is 9.59 Å². The Bertz CT molecular complexity index is 671. The van der Waals surface area contributed by atoms with Crippen molar-refractivity contribution in [2.75, 3.05) is 17.7 Å². The maximum absolute atomic E-state index is 11.7. The summed E-state index contributed by atoms with van der Waals surface area (Å²) in [4.78, 5) is 24.3. The van der Waals surface area contributed by atoms with Gasteiger partial charge < -0.3 is 10.1 Å². The number of aryl methyl sites for hydroxylation is 1. The van der Waals surface area contributed by atoms with Crippen LogP contribution in [0.5, 0.6) is 0 Å². The lowest BCUT2D eigenvalue weighted by Crippen LogP contribution is -2.21. The third-order valence-corrected chi connectivity index (χ3v) is 4.38. The molecule has 4 nitrogen and oxygen atoms in total. The van der Waals surface area contributed by atoms with Gasteiger partial charge in [-0.3, -0.25) is 9.59 Å². The lowest BCUT2D eigenvalue weighted by Gasteiger charge is -2.07. The molecule has 0 bridgehead atoms. The van der Waals surface area contributed by atoms with Gasteiger partial charge in [0.2, 0.25) is 0 Å². The lowest BCUT2D eigenvalue weighted by molar-refractivity contribution is -0.144. The van der Waals surface area contributed by atoms with Crippen molar-refractivity contribution >= 4 is 45.3 Å². The number of rotatable bonds is 6. The van der Waals surface area contributed by atoms with E-state index >= 15 is 0 Å². The number of hydrogen-bond donors (Lipinski definition) is 1. The summed E-state index contributed by atoms with van der Waals surface area (Å²) in [5, 5.41) is 2.68. The number of nitrogens with one attached hydrogen (secondary N) is 1. The van der Waals surface area contributed by atoms with E-state index in [0.717, 1.165) is 14.9 Å². The second-order valence-corrected chi connectivity index (χ2v) is 6.78. The lowest BCUT2D eigenvalue weighted by atomic mass is 10.2. The van der Waals surface area contributed by atoms with Crippen LogP contribution in [0.4, 0.5) is 5.69 Å². The Morgan fingerprint density at radius 3 is 2.39 bits per heavy atom. The Balaban J connectivity index is 1.70. The van der Waals surface area contributed by atoms with Crippen LogP contribution in [-0.4, -0.2) is 24.2 Å². The zero-order valence-electron chi connectivity index (χ0n) is 12.5. The van der Waals surface area contributed by atoms with Crippen LogP contribution >= 0.6 is 27.7 Å². The molecule has 0 aliphatic heterocycles. The SMILES string of the molecule is Cc1ccc(NC(=O)COC(=O)CSc2ccc(Br)cc2)cc1. The summed E-state index contributed by atoms with van der Waals surface area (Å²) in [5.41, 5.74) is 1.79. The Labute approximate surface area is 147 Å². The summed E-state index contributed by atoms with van der Waals surface area (Å²) in [5.74, 6) is -0.604. The molecule has 0 heterocycles. The highest BCUT2D eigenvalue weighted by Crippen LogP contribution is 2.20. The molecule has 6 heteroatoms. The fraction of sp³-hybridized carbons (Fsp3) is 0.176. The standard InChI is InChI=1S/C17H16BrNO3S/c1-12-2-6-14(7-3-12)19-16(20)10-22-17(21)11-23-15-8-4-13(18)5-9-15/h2-9H,10-11H2,1H3,(H,19,20). The first kappa shape index (κ1) is 17.6. The monoisotopic (exact) mass is 393 g/mol. The third-order valence-electron chi connectivity index (χ3n) is 2.87. The van der Waals surface area contributed by atoms with Gasteiger partial charge in [0.25, 0.3) is 5.91 Å². The Morgan fingerprint density at radius 2 is 1.74 bits per heavy atom. The van der Waals surface area contributed by atoms with Gasteiger partial charge in [0, 0.05) is 15.1 Å². The Kier molecular flexibility index (Phi) is 6.67. The first-order chi connectivity index (χ1) is 11.0. The van der Waals surface area contributed by atoms with E-state index in [4.69, 9.17) is 4.74 Å². The largest absolute Gasteiger partial charge is 0.455 e. The number of hydrogen-bond acceptors (Lipinski definition) is 4. The van der Waals surface area contributed by atoms with Crippen LogP contribution in [0, 0.1) is 6.92 Å². The van der Waals surface area contributed by atoms with E-state index in [1.165, 1.54) is 11.8 Å². The van der Waals surface area contributed by atoms with Crippen LogP contribution in [0.2, 0.25) is 0 Å². The highest BCUT2D eigenvalue weighted by molar-refractivity contribution is 9.10. The van der Waals surface area contributed by atoms with E-state index in [0.29, 0.717) is 5.69 Å². The Morgan fingerprint density at radius 1 is 1.09 bits per heavy atom. The molecule has 120 valence electrons. The van der Waals surface area contributed by atoms with Crippen LogP contribution in [0.3, 0.4) is 0 Å². The molecular formula is C17H16BrNO3S. The fourth-order valence-electron chi connectivity index (χ4n) is 1.69. The molecule has 0 atom stereocenters. The second-order valence-electron chi connectivity index (χ2n) is 4.82. The van der Waals surface area contributed by atoms with Crippen molar-refractivity contribution in [2.45, 2.75) is 11.8 Å². The van der Waals surface area contributed by atoms with Gasteiger partial charge in [-0.25, -0.2) is 0 Å². The molecule has 0 saturated heterocycles. The molecule has 1 amide bonds. The van der Waals surface area contributed by atoms with Crippen LogP contribution in [-0.2, 0) is 14.3 Å². The van der Waals surface area contributed by atoms with E-state index in [1.807, 2.05) is 43.3 Å². The smallest absolute Gasteiger partial charge is 0.316 e. The minimum Gasteiger partial charge on any atom is -0.455 e. The number of esters is 1. The molecule has 0 unspecified atom stereocenters. The maximum Gasteiger partial charge on any atom is 0.316 e. The van der Waals surface area contributed by atoms with Crippen molar-refractivity contribution < 1.29 is 14.3 Å². The molecular weight excluding hydrogens is 378 g/mol. The third kappa shape index (κ3) is 6.46. The molecule has 0 spiro atoms. The van der Waals surface area contributed by atoms with Crippen LogP contribution < -0.4 is 5.32 Å². The van der Waals surface area contributed by atoms with Gasteiger partial charge >= 0.3 is 5.97 Å². The number of halogens is 1. The molecule has 0 aliphatic rings.